The van der Waals surface area contributed by atoms with E-state index in [1.54, 1.807) is 0 Å². The maximum Gasteiger partial charge on any atom is 0.134 e. The summed E-state index contributed by atoms with van der Waals surface area (Å²) in [4.78, 5) is 0. The van der Waals surface area contributed by atoms with E-state index in [0.717, 1.165) is 45.3 Å². The first-order valence-electron chi connectivity index (χ1n) is 12.8. The Labute approximate surface area is 221 Å². The van der Waals surface area contributed by atoms with Crippen LogP contribution in [0.3, 0.4) is 0 Å². The van der Waals surface area contributed by atoms with Gasteiger partial charge in [-0.3, -0.25) is 0 Å². The second kappa shape index (κ2) is 11.3. The number of ether oxygens (including phenoxy) is 2. The maximum absolute atomic E-state index is 6.31. The molecule has 0 saturated carbocycles. The molecule has 0 N–H and O–H groups in total. The summed E-state index contributed by atoms with van der Waals surface area (Å²) in [5.41, 5.74) is 6.66. The molecule has 4 aromatic rings. The Morgan fingerprint density at radius 1 is 0.541 bits per heavy atom. The minimum Gasteiger partial charge on any atom is -0.456 e. The fraction of sp³-hybridized carbons (Fsp3) is 0.200. The Kier molecular flexibility index (Phi) is 7.98. The lowest BCUT2D eigenvalue weighted by Gasteiger charge is -2.28. The minimum absolute atomic E-state index is 0.182. The van der Waals surface area contributed by atoms with Crippen molar-refractivity contribution in [2.24, 2.45) is 0 Å². The summed E-state index contributed by atoms with van der Waals surface area (Å²) in [7, 11) is 0. The normalized spacial score (nSPS) is 11.8. The molecule has 4 aromatic carbocycles. The molecule has 37 heavy (non-hydrogen) atoms. The van der Waals surface area contributed by atoms with Crippen molar-refractivity contribution in [2.45, 2.75) is 47.0 Å². The molecule has 0 radical (unpaired) electrons. The van der Waals surface area contributed by atoms with Gasteiger partial charge in [0, 0.05) is 16.5 Å². The van der Waals surface area contributed by atoms with Crippen molar-refractivity contribution < 1.29 is 9.47 Å². The average molecular weight is 489 g/mol. The van der Waals surface area contributed by atoms with Gasteiger partial charge in [-0.15, -0.1) is 0 Å². The molecule has 0 amide bonds. The number of aryl methyl sites for hydroxylation is 2. The molecule has 0 bridgehead atoms. The standard InChI is InChI=1S/C35H36O2/c1-7-13-27-15-9-11-17-33(27)36-31-21-19-29(23-25(31)3)35(5,6)30-20-22-32(26(4)24-30)37-34-18-12-10-16-28(34)14-8-2/h7-24H,1-6H3. The monoisotopic (exact) mass is 488 g/mol. The first-order valence-corrected chi connectivity index (χ1v) is 12.8. The average Bonchev–Trinajstić information content (AvgIpc) is 2.89. The summed E-state index contributed by atoms with van der Waals surface area (Å²) in [6, 6.07) is 29.2. The number of benzene rings is 4. The van der Waals surface area contributed by atoms with Crippen molar-refractivity contribution in [1.82, 2.24) is 0 Å². The molecule has 0 aliphatic heterocycles. The van der Waals surface area contributed by atoms with Gasteiger partial charge in [0.15, 0.2) is 0 Å². The quantitative estimate of drug-likeness (QED) is 0.246. The van der Waals surface area contributed by atoms with E-state index < -0.39 is 0 Å². The van der Waals surface area contributed by atoms with E-state index in [1.165, 1.54) is 11.1 Å². The summed E-state index contributed by atoms with van der Waals surface area (Å²) in [5, 5.41) is 0. The van der Waals surface area contributed by atoms with Crippen molar-refractivity contribution in [3.8, 4) is 23.0 Å². The van der Waals surface area contributed by atoms with E-state index in [2.05, 4.69) is 88.4 Å². The van der Waals surface area contributed by atoms with E-state index >= 15 is 0 Å². The lowest BCUT2D eigenvalue weighted by Crippen LogP contribution is -2.19. The molecule has 188 valence electrons. The lowest BCUT2D eigenvalue weighted by atomic mass is 9.77. The molecule has 0 aromatic heterocycles. The maximum atomic E-state index is 6.31. The van der Waals surface area contributed by atoms with Gasteiger partial charge in [0.05, 0.1) is 0 Å². The van der Waals surface area contributed by atoms with Crippen LogP contribution in [0.25, 0.3) is 12.2 Å². The van der Waals surface area contributed by atoms with E-state index in [0.29, 0.717) is 0 Å². The fourth-order valence-corrected chi connectivity index (χ4v) is 4.49. The number of allylic oxidation sites excluding steroid dienone is 2. The molecule has 0 atom stereocenters. The van der Waals surface area contributed by atoms with E-state index in [-0.39, 0.29) is 5.41 Å². The Morgan fingerprint density at radius 3 is 1.32 bits per heavy atom. The topological polar surface area (TPSA) is 18.5 Å². The number of hydrogen-bond acceptors (Lipinski definition) is 2. The minimum atomic E-state index is -0.182. The van der Waals surface area contributed by atoms with Gasteiger partial charge in [-0.05, 0) is 74.2 Å². The SMILES string of the molecule is CC=Cc1ccccc1Oc1ccc(C(C)(C)c2ccc(Oc3ccccc3C=CC)c(C)c2)cc1C. The number of para-hydroxylation sites is 2. The summed E-state index contributed by atoms with van der Waals surface area (Å²) < 4.78 is 12.6. The van der Waals surface area contributed by atoms with Gasteiger partial charge < -0.3 is 9.47 Å². The van der Waals surface area contributed by atoms with Crippen LogP contribution >= 0.6 is 0 Å². The number of hydrogen-bond donors (Lipinski definition) is 0. The van der Waals surface area contributed by atoms with Crippen LogP contribution in [0.4, 0.5) is 0 Å². The third kappa shape index (κ3) is 5.86. The third-order valence-corrected chi connectivity index (χ3v) is 6.76. The van der Waals surface area contributed by atoms with Gasteiger partial charge >= 0.3 is 0 Å². The third-order valence-electron chi connectivity index (χ3n) is 6.76. The highest BCUT2D eigenvalue weighted by atomic mass is 16.5. The van der Waals surface area contributed by atoms with Crippen molar-refractivity contribution >= 4 is 12.2 Å². The number of rotatable bonds is 8. The van der Waals surface area contributed by atoms with Crippen molar-refractivity contribution in [3.63, 3.8) is 0 Å². The zero-order chi connectivity index (χ0) is 26.4. The predicted octanol–water partition coefficient (Wildman–Crippen LogP) is 10.3. The smallest absolute Gasteiger partial charge is 0.134 e. The Balaban J connectivity index is 1.58. The highest BCUT2D eigenvalue weighted by molar-refractivity contribution is 5.59. The molecule has 0 aliphatic rings. The molecule has 4 rings (SSSR count). The Hall–Kier alpha value is -4.04. The van der Waals surface area contributed by atoms with Gasteiger partial charge in [-0.2, -0.15) is 0 Å². The van der Waals surface area contributed by atoms with Crippen LogP contribution in [0.5, 0.6) is 23.0 Å². The Bertz CT molecular complexity index is 1330. The second-order valence-electron chi connectivity index (χ2n) is 9.87. The fourth-order valence-electron chi connectivity index (χ4n) is 4.49. The van der Waals surface area contributed by atoms with Crippen LogP contribution in [-0.2, 0) is 5.41 Å². The molecule has 0 aliphatic carbocycles. The Morgan fingerprint density at radius 2 is 0.946 bits per heavy atom. The van der Waals surface area contributed by atoms with Gasteiger partial charge in [-0.1, -0.05) is 98.8 Å². The summed E-state index contributed by atoms with van der Waals surface area (Å²) in [5.74, 6) is 3.46. The van der Waals surface area contributed by atoms with E-state index in [4.69, 9.17) is 9.47 Å². The highest BCUT2D eigenvalue weighted by Gasteiger charge is 2.25. The van der Waals surface area contributed by atoms with Crippen LogP contribution in [0.2, 0.25) is 0 Å². The molecule has 0 spiro atoms. The lowest BCUT2D eigenvalue weighted by molar-refractivity contribution is 0.476. The van der Waals surface area contributed by atoms with Gasteiger partial charge in [0.25, 0.3) is 0 Å². The molecular formula is C35H36O2. The molecule has 0 unspecified atom stereocenters. The zero-order valence-electron chi connectivity index (χ0n) is 22.7. The largest absolute Gasteiger partial charge is 0.456 e. The van der Waals surface area contributed by atoms with E-state index in [1.807, 2.05) is 62.4 Å². The van der Waals surface area contributed by atoms with Crippen LogP contribution in [-0.4, -0.2) is 0 Å². The molecular weight excluding hydrogens is 452 g/mol. The van der Waals surface area contributed by atoms with Crippen LogP contribution < -0.4 is 9.47 Å². The van der Waals surface area contributed by atoms with Crippen molar-refractivity contribution in [1.29, 1.82) is 0 Å². The van der Waals surface area contributed by atoms with Gasteiger partial charge in [-0.25, -0.2) is 0 Å². The predicted molar refractivity (Wildman–Crippen MR) is 157 cm³/mol. The molecule has 2 heteroatoms. The van der Waals surface area contributed by atoms with Crippen LogP contribution in [0, 0.1) is 13.8 Å². The van der Waals surface area contributed by atoms with Crippen molar-refractivity contribution in [2.75, 3.05) is 0 Å². The summed E-state index contributed by atoms with van der Waals surface area (Å²) in [6.45, 7) is 12.8. The van der Waals surface area contributed by atoms with Gasteiger partial charge in [0.1, 0.15) is 23.0 Å². The first-order chi connectivity index (χ1) is 17.8. The van der Waals surface area contributed by atoms with Crippen LogP contribution in [0.1, 0.15) is 61.1 Å². The molecule has 2 nitrogen and oxygen atoms in total. The zero-order valence-corrected chi connectivity index (χ0v) is 22.7. The summed E-state index contributed by atoms with van der Waals surface area (Å²) >= 11 is 0. The van der Waals surface area contributed by atoms with Crippen molar-refractivity contribution in [3.05, 3.63) is 130 Å². The van der Waals surface area contributed by atoms with E-state index in [9.17, 15) is 0 Å². The second-order valence-corrected chi connectivity index (χ2v) is 9.87. The first kappa shape index (κ1) is 26.0. The van der Waals surface area contributed by atoms with Gasteiger partial charge in [0.2, 0.25) is 0 Å². The molecule has 0 heterocycles. The highest BCUT2D eigenvalue weighted by Crippen LogP contribution is 2.38. The van der Waals surface area contributed by atoms with Crippen LogP contribution in [0.15, 0.2) is 97.1 Å². The summed E-state index contributed by atoms with van der Waals surface area (Å²) in [6.07, 6.45) is 8.19. The molecule has 0 saturated heterocycles. The molecule has 0 fully saturated rings.